The molecular weight excluding hydrogens is 434 g/mol. The molecule has 166 valence electrons. The number of anilines is 1. The van der Waals surface area contributed by atoms with Gasteiger partial charge in [0.25, 0.3) is 5.91 Å². The summed E-state index contributed by atoms with van der Waals surface area (Å²) >= 11 is 0. The predicted molar refractivity (Wildman–Crippen MR) is 93.6 cm³/mol. The zero-order valence-corrected chi connectivity index (χ0v) is 15.5. The second-order valence-electron chi connectivity index (χ2n) is 6.62. The van der Waals surface area contributed by atoms with Gasteiger partial charge in [0.15, 0.2) is 11.5 Å². The molecule has 0 aliphatic carbocycles. The molecule has 1 aliphatic heterocycles. The van der Waals surface area contributed by atoms with Gasteiger partial charge in [-0.25, -0.2) is 4.79 Å². The lowest BCUT2D eigenvalue weighted by molar-refractivity contribution is -0.141. The average molecular weight is 448 g/mol. The van der Waals surface area contributed by atoms with Gasteiger partial charge in [-0.05, 0) is 30.3 Å². The van der Waals surface area contributed by atoms with Crippen molar-refractivity contribution >= 4 is 17.7 Å². The molecule has 0 atom stereocenters. The smallest absolute Gasteiger partial charge is 0.417 e. The standard InChI is InChI=1S/C18H14F6N4O3/c19-17(20,21)10-1-2-12(18(22,23)24)11(9-10)15(29)28-7-5-27(6-8-28)14-4-3-13(16(30)31)25-26-14/h1-4,9H,5-8H2,(H,30,31). The SMILES string of the molecule is O=C(O)c1ccc(N2CCN(C(=O)c3cc(C(F)(F)F)ccc3C(F)(F)F)CC2)nn1. The van der Waals surface area contributed by atoms with Crippen LogP contribution in [0.3, 0.4) is 0 Å². The van der Waals surface area contributed by atoms with Gasteiger partial charge < -0.3 is 14.9 Å². The highest BCUT2D eigenvalue weighted by molar-refractivity contribution is 5.96. The molecule has 1 aromatic carbocycles. The number of aromatic carboxylic acids is 1. The summed E-state index contributed by atoms with van der Waals surface area (Å²) in [6.07, 6.45) is -9.91. The lowest BCUT2D eigenvalue weighted by atomic mass is 10.0. The molecule has 0 spiro atoms. The molecule has 0 unspecified atom stereocenters. The van der Waals surface area contributed by atoms with Crippen molar-refractivity contribution < 1.29 is 41.0 Å². The van der Waals surface area contributed by atoms with E-state index in [-0.39, 0.29) is 50.1 Å². The minimum atomic E-state index is -5.00. The number of carboxylic acids is 1. The number of alkyl halides is 6. The molecule has 7 nitrogen and oxygen atoms in total. The molecule has 0 saturated carbocycles. The van der Waals surface area contributed by atoms with Gasteiger partial charge in [-0.3, -0.25) is 4.79 Å². The summed E-state index contributed by atoms with van der Waals surface area (Å²) in [5.41, 5.74) is -4.14. The lowest BCUT2D eigenvalue weighted by Crippen LogP contribution is -2.49. The Morgan fingerprint density at radius 1 is 0.871 bits per heavy atom. The molecule has 1 aliphatic rings. The number of piperazine rings is 1. The van der Waals surface area contributed by atoms with E-state index in [2.05, 4.69) is 10.2 Å². The van der Waals surface area contributed by atoms with Crippen molar-refractivity contribution in [3.63, 3.8) is 0 Å². The predicted octanol–water partition coefficient (Wildman–Crippen LogP) is 3.17. The molecule has 1 amide bonds. The Morgan fingerprint density at radius 3 is 2.00 bits per heavy atom. The minimum absolute atomic E-state index is 0.0747. The van der Waals surface area contributed by atoms with E-state index in [1.54, 1.807) is 4.90 Å². The number of nitrogens with zero attached hydrogens (tertiary/aromatic N) is 4. The largest absolute Gasteiger partial charge is 0.476 e. The fourth-order valence-electron chi connectivity index (χ4n) is 3.06. The average Bonchev–Trinajstić information content (AvgIpc) is 2.71. The Bertz CT molecular complexity index is 983. The van der Waals surface area contributed by atoms with Gasteiger partial charge in [0.2, 0.25) is 0 Å². The van der Waals surface area contributed by atoms with Gasteiger partial charge in [-0.2, -0.15) is 26.3 Å². The first-order valence-corrected chi connectivity index (χ1v) is 8.77. The van der Waals surface area contributed by atoms with E-state index in [9.17, 15) is 35.9 Å². The summed E-state index contributed by atoms with van der Waals surface area (Å²) in [6, 6.07) is 3.37. The molecule has 0 bridgehead atoms. The number of hydrogen-bond acceptors (Lipinski definition) is 5. The molecule has 1 aromatic heterocycles. The number of carbonyl (C=O) groups excluding carboxylic acids is 1. The third-order valence-corrected chi connectivity index (χ3v) is 4.64. The Hall–Kier alpha value is -3.38. The van der Waals surface area contributed by atoms with Crippen LogP contribution in [0.4, 0.5) is 32.2 Å². The normalized spacial score (nSPS) is 15.2. The van der Waals surface area contributed by atoms with E-state index in [4.69, 9.17) is 5.11 Å². The summed E-state index contributed by atoms with van der Waals surface area (Å²) in [5, 5.41) is 16.1. The van der Waals surface area contributed by atoms with Crippen molar-refractivity contribution in [2.75, 3.05) is 31.1 Å². The second-order valence-corrected chi connectivity index (χ2v) is 6.62. The number of amides is 1. The van der Waals surface area contributed by atoms with Crippen LogP contribution in [0.2, 0.25) is 0 Å². The van der Waals surface area contributed by atoms with Crippen LogP contribution in [0, 0.1) is 0 Å². The zero-order chi connectivity index (χ0) is 23.0. The zero-order valence-electron chi connectivity index (χ0n) is 15.5. The molecule has 3 rings (SSSR count). The summed E-state index contributed by atoms with van der Waals surface area (Å²) in [5.74, 6) is -2.13. The van der Waals surface area contributed by atoms with Crippen LogP contribution >= 0.6 is 0 Å². The van der Waals surface area contributed by atoms with Crippen LogP contribution in [0.15, 0.2) is 30.3 Å². The molecule has 13 heteroatoms. The van der Waals surface area contributed by atoms with Gasteiger partial charge in [0, 0.05) is 26.2 Å². The molecular formula is C18H14F6N4O3. The van der Waals surface area contributed by atoms with Gasteiger partial charge in [-0.15, -0.1) is 10.2 Å². The van der Waals surface area contributed by atoms with E-state index in [1.165, 1.54) is 12.1 Å². The third-order valence-electron chi connectivity index (χ3n) is 4.64. The van der Waals surface area contributed by atoms with E-state index in [0.29, 0.717) is 5.82 Å². The number of benzene rings is 1. The molecule has 2 heterocycles. The summed E-state index contributed by atoms with van der Waals surface area (Å²) in [6.45, 7) is 0.0871. The van der Waals surface area contributed by atoms with E-state index in [0.717, 1.165) is 4.90 Å². The van der Waals surface area contributed by atoms with Gasteiger partial charge in [0.05, 0.1) is 16.7 Å². The summed E-state index contributed by atoms with van der Waals surface area (Å²) < 4.78 is 78.6. The van der Waals surface area contributed by atoms with E-state index >= 15 is 0 Å². The first kappa shape index (κ1) is 22.3. The van der Waals surface area contributed by atoms with E-state index in [1.807, 2.05) is 0 Å². The highest BCUT2D eigenvalue weighted by Crippen LogP contribution is 2.37. The van der Waals surface area contributed by atoms with Crippen molar-refractivity contribution in [1.82, 2.24) is 15.1 Å². The number of halogens is 6. The first-order valence-electron chi connectivity index (χ1n) is 8.77. The third kappa shape index (κ3) is 4.86. The van der Waals surface area contributed by atoms with Crippen LogP contribution in [0.5, 0.6) is 0 Å². The van der Waals surface area contributed by atoms with Crippen molar-refractivity contribution in [2.45, 2.75) is 12.4 Å². The maximum atomic E-state index is 13.3. The van der Waals surface area contributed by atoms with E-state index < -0.39 is 40.9 Å². The van der Waals surface area contributed by atoms with Crippen LogP contribution in [0.1, 0.15) is 32.0 Å². The number of rotatable bonds is 3. The Morgan fingerprint density at radius 2 is 1.52 bits per heavy atom. The number of carbonyl (C=O) groups is 2. The Balaban J connectivity index is 1.79. The van der Waals surface area contributed by atoms with Crippen molar-refractivity contribution in [3.8, 4) is 0 Å². The quantitative estimate of drug-likeness (QED) is 0.726. The second kappa shape index (κ2) is 8.04. The Labute approximate surface area is 170 Å². The minimum Gasteiger partial charge on any atom is -0.476 e. The number of hydrogen-bond donors (Lipinski definition) is 1. The van der Waals surface area contributed by atoms with Crippen molar-refractivity contribution in [3.05, 3.63) is 52.7 Å². The van der Waals surface area contributed by atoms with Crippen LogP contribution < -0.4 is 4.90 Å². The first-order chi connectivity index (χ1) is 14.4. The maximum absolute atomic E-state index is 13.3. The molecule has 1 saturated heterocycles. The molecule has 1 N–H and O–H groups in total. The topological polar surface area (TPSA) is 86.6 Å². The molecule has 31 heavy (non-hydrogen) atoms. The molecule has 1 fully saturated rings. The lowest BCUT2D eigenvalue weighted by Gasteiger charge is -2.35. The maximum Gasteiger partial charge on any atom is 0.417 e. The summed E-state index contributed by atoms with van der Waals surface area (Å²) in [4.78, 5) is 26.1. The fourth-order valence-corrected chi connectivity index (χ4v) is 3.06. The van der Waals surface area contributed by atoms with Crippen molar-refractivity contribution in [2.24, 2.45) is 0 Å². The van der Waals surface area contributed by atoms with Gasteiger partial charge in [-0.1, -0.05) is 0 Å². The monoisotopic (exact) mass is 448 g/mol. The Kier molecular flexibility index (Phi) is 5.79. The number of aromatic nitrogens is 2. The fraction of sp³-hybridized carbons (Fsp3) is 0.333. The van der Waals surface area contributed by atoms with Crippen LogP contribution in [-0.4, -0.2) is 58.3 Å². The van der Waals surface area contributed by atoms with Crippen LogP contribution in [0.25, 0.3) is 0 Å². The highest BCUT2D eigenvalue weighted by Gasteiger charge is 2.39. The van der Waals surface area contributed by atoms with Crippen molar-refractivity contribution in [1.29, 1.82) is 0 Å². The van der Waals surface area contributed by atoms with Gasteiger partial charge >= 0.3 is 18.3 Å². The van der Waals surface area contributed by atoms with Gasteiger partial charge in [0.1, 0.15) is 0 Å². The number of carboxylic acid groups (broad SMARTS) is 1. The molecule has 0 radical (unpaired) electrons. The van der Waals surface area contributed by atoms with Crippen LogP contribution in [-0.2, 0) is 12.4 Å². The molecule has 2 aromatic rings. The summed E-state index contributed by atoms with van der Waals surface area (Å²) in [7, 11) is 0. The highest BCUT2D eigenvalue weighted by atomic mass is 19.4.